The van der Waals surface area contributed by atoms with E-state index < -0.39 is 0 Å². The number of nitrogens with one attached hydrogen (secondary N) is 1. The van der Waals surface area contributed by atoms with E-state index in [2.05, 4.69) is 20.4 Å². The number of pyridine rings is 1. The minimum absolute atomic E-state index is 0. The topological polar surface area (TPSA) is 89.1 Å². The highest BCUT2D eigenvalue weighted by Gasteiger charge is 2.32. The molecule has 8 nitrogen and oxygen atoms in total. The number of halogens is 1. The Labute approximate surface area is 157 Å². The SMILES string of the molecule is Cc1cc(C(=O)N2CCNCC2c2nccn2C)c2c(C)noc2n1.Cl. The molecular formula is C17H21ClN6O2. The number of aryl methyl sites for hydroxylation is 3. The molecule has 9 heteroatoms. The number of rotatable bonds is 2. The lowest BCUT2D eigenvalue weighted by molar-refractivity contribution is 0.0622. The smallest absolute Gasteiger partial charge is 0.258 e. The summed E-state index contributed by atoms with van der Waals surface area (Å²) in [5.41, 5.74) is 2.40. The Balaban J connectivity index is 0.00000196. The van der Waals surface area contributed by atoms with Crippen LogP contribution in [0.15, 0.2) is 23.0 Å². The summed E-state index contributed by atoms with van der Waals surface area (Å²) in [4.78, 5) is 24.0. The third-order valence-corrected chi connectivity index (χ3v) is 4.64. The second-order valence-corrected chi connectivity index (χ2v) is 6.37. The molecule has 0 aromatic carbocycles. The monoisotopic (exact) mass is 376 g/mol. The summed E-state index contributed by atoms with van der Waals surface area (Å²) in [5.74, 6) is 0.820. The number of aromatic nitrogens is 4. The third kappa shape index (κ3) is 2.95. The standard InChI is InChI=1S/C17H20N6O2.ClH/c1-10-8-12(14-11(2)21-25-16(14)20-10)17(24)23-7-4-18-9-13(23)15-19-5-6-22(15)3;/h5-6,8,13,18H,4,7,9H2,1-3H3;1H. The van der Waals surface area contributed by atoms with Crippen LogP contribution < -0.4 is 5.32 Å². The van der Waals surface area contributed by atoms with Crippen LogP contribution in [0.2, 0.25) is 0 Å². The number of piperazine rings is 1. The molecule has 1 N–H and O–H groups in total. The summed E-state index contributed by atoms with van der Waals surface area (Å²) in [6, 6.07) is 1.69. The van der Waals surface area contributed by atoms with E-state index in [1.54, 1.807) is 6.20 Å². The van der Waals surface area contributed by atoms with Gasteiger partial charge in [-0.15, -0.1) is 12.4 Å². The van der Waals surface area contributed by atoms with Crippen LogP contribution in [0.3, 0.4) is 0 Å². The maximum Gasteiger partial charge on any atom is 0.258 e. The van der Waals surface area contributed by atoms with Gasteiger partial charge < -0.3 is 19.3 Å². The van der Waals surface area contributed by atoms with Gasteiger partial charge >= 0.3 is 0 Å². The van der Waals surface area contributed by atoms with E-state index in [4.69, 9.17) is 4.52 Å². The molecule has 0 aliphatic carbocycles. The van der Waals surface area contributed by atoms with Crippen LogP contribution in [-0.2, 0) is 7.05 Å². The lowest BCUT2D eigenvalue weighted by Crippen LogP contribution is -2.49. The molecule has 1 aliphatic heterocycles. The number of hydrogen-bond donors (Lipinski definition) is 1. The van der Waals surface area contributed by atoms with Crippen molar-refractivity contribution in [3.8, 4) is 0 Å². The molecule has 0 radical (unpaired) electrons. The average Bonchev–Trinajstić information content (AvgIpc) is 3.19. The Morgan fingerprint density at radius 1 is 1.38 bits per heavy atom. The van der Waals surface area contributed by atoms with Gasteiger partial charge in [-0.25, -0.2) is 9.97 Å². The van der Waals surface area contributed by atoms with Crippen molar-refractivity contribution in [3.05, 3.63) is 41.2 Å². The predicted molar refractivity (Wildman–Crippen MR) is 98.4 cm³/mol. The number of hydrogen-bond acceptors (Lipinski definition) is 6. The normalized spacial score (nSPS) is 17.3. The lowest BCUT2D eigenvalue weighted by Gasteiger charge is -2.36. The maximum atomic E-state index is 13.4. The highest BCUT2D eigenvalue weighted by atomic mass is 35.5. The van der Waals surface area contributed by atoms with E-state index in [1.807, 2.05) is 42.6 Å². The zero-order valence-electron chi connectivity index (χ0n) is 14.9. The molecular weight excluding hydrogens is 356 g/mol. The van der Waals surface area contributed by atoms with Crippen molar-refractivity contribution in [1.29, 1.82) is 0 Å². The summed E-state index contributed by atoms with van der Waals surface area (Å²) in [6.45, 7) is 5.72. The van der Waals surface area contributed by atoms with Crippen molar-refractivity contribution in [3.63, 3.8) is 0 Å². The average molecular weight is 377 g/mol. The largest absolute Gasteiger partial charge is 0.336 e. The molecule has 138 valence electrons. The van der Waals surface area contributed by atoms with Crippen LogP contribution in [-0.4, -0.2) is 50.1 Å². The van der Waals surface area contributed by atoms with E-state index in [0.29, 0.717) is 35.4 Å². The first-order valence-corrected chi connectivity index (χ1v) is 8.29. The van der Waals surface area contributed by atoms with E-state index in [9.17, 15) is 4.79 Å². The molecule has 1 amide bonds. The molecule has 4 rings (SSSR count). The fourth-order valence-electron chi connectivity index (χ4n) is 3.42. The highest BCUT2D eigenvalue weighted by molar-refractivity contribution is 6.06. The number of nitrogens with zero attached hydrogens (tertiary/aromatic N) is 5. The van der Waals surface area contributed by atoms with Gasteiger partial charge in [-0.1, -0.05) is 5.16 Å². The van der Waals surface area contributed by atoms with Gasteiger partial charge in [0.15, 0.2) is 0 Å². The van der Waals surface area contributed by atoms with Crippen molar-refractivity contribution in [2.75, 3.05) is 19.6 Å². The molecule has 1 saturated heterocycles. The number of carbonyl (C=O) groups is 1. The van der Waals surface area contributed by atoms with Crippen molar-refractivity contribution >= 4 is 29.4 Å². The molecule has 1 aliphatic rings. The summed E-state index contributed by atoms with van der Waals surface area (Å²) >= 11 is 0. The molecule has 1 atom stereocenters. The fraction of sp³-hybridized carbons (Fsp3) is 0.412. The summed E-state index contributed by atoms with van der Waals surface area (Å²) in [5, 5.41) is 8.01. The highest BCUT2D eigenvalue weighted by Crippen LogP contribution is 2.27. The van der Waals surface area contributed by atoms with Crippen LogP contribution in [0.5, 0.6) is 0 Å². The van der Waals surface area contributed by atoms with Crippen LogP contribution >= 0.6 is 12.4 Å². The van der Waals surface area contributed by atoms with E-state index in [-0.39, 0.29) is 24.4 Å². The van der Waals surface area contributed by atoms with E-state index in [1.165, 1.54) is 0 Å². The van der Waals surface area contributed by atoms with E-state index in [0.717, 1.165) is 18.1 Å². The molecule has 3 aromatic heterocycles. The van der Waals surface area contributed by atoms with Crippen LogP contribution in [0.4, 0.5) is 0 Å². The molecule has 26 heavy (non-hydrogen) atoms. The molecule has 0 bridgehead atoms. The van der Waals surface area contributed by atoms with Gasteiger partial charge in [0.25, 0.3) is 11.6 Å². The molecule has 4 heterocycles. The zero-order chi connectivity index (χ0) is 17.6. The first-order valence-electron chi connectivity index (χ1n) is 8.29. The Kier molecular flexibility index (Phi) is 4.97. The molecule has 0 saturated carbocycles. The number of imidazole rings is 1. The van der Waals surface area contributed by atoms with Crippen molar-refractivity contribution in [1.82, 2.24) is 29.9 Å². The Bertz CT molecular complexity index is 950. The van der Waals surface area contributed by atoms with Gasteiger partial charge in [0.05, 0.1) is 16.6 Å². The fourth-order valence-corrected chi connectivity index (χ4v) is 3.42. The summed E-state index contributed by atoms with van der Waals surface area (Å²) < 4.78 is 7.22. The molecule has 1 unspecified atom stereocenters. The minimum atomic E-state index is -0.120. The first kappa shape index (κ1) is 18.3. The van der Waals surface area contributed by atoms with Gasteiger partial charge in [0.2, 0.25) is 0 Å². The lowest BCUT2D eigenvalue weighted by atomic mass is 10.1. The summed E-state index contributed by atoms with van der Waals surface area (Å²) in [6.07, 6.45) is 3.65. The van der Waals surface area contributed by atoms with Crippen LogP contribution in [0.25, 0.3) is 11.1 Å². The number of amides is 1. The van der Waals surface area contributed by atoms with Crippen molar-refractivity contribution < 1.29 is 9.32 Å². The zero-order valence-corrected chi connectivity index (χ0v) is 15.7. The predicted octanol–water partition coefficient (Wildman–Crippen LogP) is 1.78. The first-order chi connectivity index (χ1) is 12.1. The Hall–Kier alpha value is -2.45. The second-order valence-electron chi connectivity index (χ2n) is 6.37. The van der Waals surface area contributed by atoms with Crippen LogP contribution in [0.1, 0.15) is 33.6 Å². The third-order valence-electron chi connectivity index (χ3n) is 4.64. The second kappa shape index (κ2) is 7.05. The number of carbonyl (C=O) groups excluding carboxylic acids is 1. The molecule has 1 fully saturated rings. The Morgan fingerprint density at radius 3 is 2.92 bits per heavy atom. The maximum absolute atomic E-state index is 13.4. The molecule has 3 aromatic rings. The molecule has 0 spiro atoms. The van der Waals surface area contributed by atoms with Gasteiger partial charge in [0.1, 0.15) is 11.9 Å². The Morgan fingerprint density at radius 2 is 2.19 bits per heavy atom. The minimum Gasteiger partial charge on any atom is -0.336 e. The van der Waals surface area contributed by atoms with Gasteiger partial charge in [-0.05, 0) is 19.9 Å². The van der Waals surface area contributed by atoms with E-state index >= 15 is 0 Å². The van der Waals surface area contributed by atoms with Crippen molar-refractivity contribution in [2.45, 2.75) is 19.9 Å². The van der Waals surface area contributed by atoms with Gasteiger partial charge in [-0.3, -0.25) is 4.79 Å². The van der Waals surface area contributed by atoms with Gasteiger partial charge in [-0.2, -0.15) is 0 Å². The van der Waals surface area contributed by atoms with Gasteiger partial charge in [0, 0.05) is 44.8 Å². The summed E-state index contributed by atoms with van der Waals surface area (Å²) in [7, 11) is 1.94. The quantitative estimate of drug-likeness (QED) is 0.733. The van der Waals surface area contributed by atoms with Crippen molar-refractivity contribution in [2.24, 2.45) is 7.05 Å². The van der Waals surface area contributed by atoms with Crippen LogP contribution in [0, 0.1) is 13.8 Å². The number of fused-ring (bicyclic) bond motifs is 1.